The molecule has 1 amide bonds. The van der Waals surface area contributed by atoms with Gasteiger partial charge in [0.25, 0.3) is 5.89 Å². The van der Waals surface area contributed by atoms with Gasteiger partial charge < -0.3 is 14.6 Å². The summed E-state index contributed by atoms with van der Waals surface area (Å²) in [7, 11) is 1.64. The highest BCUT2D eigenvalue weighted by molar-refractivity contribution is 7.15. The summed E-state index contributed by atoms with van der Waals surface area (Å²) in [5.74, 6) is 0.950. The van der Waals surface area contributed by atoms with Crippen molar-refractivity contribution in [3.05, 3.63) is 16.5 Å². The highest BCUT2D eigenvalue weighted by atomic mass is 32.1. The molecule has 2 aromatic heterocycles. The van der Waals surface area contributed by atoms with Crippen LogP contribution in [0, 0.1) is 6.92 Å². The molecule has 2 heterocycles. The Morgan fingerprint density at radius 2 is 2.08 bits per heavy atom. The Bertz CT molecular complexity index is 719. The zero-order valence-electron chi connectivity index (χ0n) is 14.2. The summed E-state index contributed by atoms with van der Waals surface area (Å²) in [5, 5.41) is 8.12. The molecule has 1 fully saturated rings. The fraction of sp³-hybridized carbons (Fsp3) is 0.625. The normalized spacial score (nSPS) is 17.0. The third-order valence-electron chi connectivity index (χ3n) is 4.28. The number of hydrogen-bond donors (Lipinski definition) is 1. The van der Waals surface area contributed by atoms with E-state index >= 15 is 0 Å². The number of nitrogens with zero attached hydrogens (tertiary/aromatic N) is 3. The van der Waals surface area contributed by atoms with E-state index in [1.54, 1.807) is 7.11 Å². The minimum Gasteiger partial charge on any atom is -0.378 e. The largest absolute Gasteiger partial charge is 0.378 e. The molecule has 0 radical (unpaired) electrons. The molecular formula is C16H22N4O3S. The van der Waals surface area contributed by atoms with Crippen LogP contribution in [-0.4, -0.2) is 28.1 Å². The highest BCUT2D eigenvalue weighted by Gasteiger charge is 2.39. The molecule has 1 saturated carbocycles. The quantitative estimate of drug-likeness (QED) is 0.891. The van der Waals surface area contributed by atoms with Crippen molar-refractivity contribution in [2.45, 2.75) is 58.1 Å². The van der Waals surface area contributed by atoms with Gasteiger partial charge in [0.15, 0.2) is 5.82 Å². The summed E-state index contributed by atoms with van der Waals surface area (Å²) >= 11 is 1.49. The maximum absolute atomic E-state index is 11.7. The highest BCUT2D eigenvalue weighted by Crippen LogP contribution is 2.37. The first-order chi connectivity index (χ1) is 11.5. The van der Waals surface area contributed by atoms with Crippen molar-refractivity contribution in [2.24, 2.45) is 0 Å². The molecule has 7 nitrogen and oxygen atoms in total. The molecule has 8 heteroatoms. The van der Waals surface area contributed by atoms with E-state index in [4.69, 9.17) is 9.26 Å². The fourth-order valence-corrected chi connectivity index (χ4v) is 4.20. The lowest BCUT2D eigenvalue weighted by Crippen LogP contribution is -2.47. The van der Waals surface area contributed by atoms with Gasteiger partial charge in [0.1, 0.15) is 15.4 Å². The smallest absolute Gasteiger partial charge is 0.270 e. The van der Waals surface area contributed by atoms with Crippen molar-refractivity contribution in [2.75, 3.05) is 7.11 Å². The van der Waals surface area contributed by atoms with E-state index in [0.29, 0.717) is 18.3 Å². The van der Waals surface area contributed by atoms with Gasteiger partial charge in [-0.05, 0) is 19.8 Å². The van der Waals surface area contributed by atoms with E-state index in [0.717, 1.165) is 41.3 Å². The molecule has 0 saturated heterocycles. The monoisotopic (exact) mass is 350 g/mol. The van der Waals surface area contributed by atoms with Crippen molar-refractivity contribution in [3.63, 3.8) is 0 Å². The Hall–Kier alpha value is -1.80. The van der Waals surface area contributed by atoms with Crippen LogP contribution in [0.25, 0.3) is 10.8 Å². The fourth-order valence-electron chi connectivity index (χ4n) is 3.24. The predicted octanol–water partition coefficient (Wildman–Crippen LogP) is 2.94. The van der Waals surface area contributed by atoms with Gasteiger partial charge >= 0.3 is 0 Å². The van der Waals surface area contributed by atoms with Crippen molar-refractivity contribution in [3.8, 4) is 10.8 Å². The summed E-state index contributed by atoms with van der Waals surface area (Å²) in [6.07, 6.45) is 4.92. The van der Waals surface area contributed by atoms with Crippen LogP contribution in [0.3, 0.4) is 0 Å². The maximum Gasteiger partial charge on any atom is 0.270 e. The first kappa shape index (κ1) is 17.0. The minimum absolute atomic E-state index is 0.0698. The first-order valence-electron chi connectivity index (χ1n) is 8.12. The number of aryl methyl sites for hydroxylation is 1. The van der Waals surface area contributed by atoms with Crippen LogP contribution in [0.2, 0.25) is 0 Å². The minimum atomic E-state index is -0.514. The molecule has 0 aromatic carbocycles. The lowest BCUT2D eigenvalue weighted by molar-refractivity contribution is -0.121. The van der Waals surface area contributed by atoms with Crippen LogP contribution in [-0.2, 0) is 21.7 Å². The second-order valence-corrected chi connectivity index (χ2v) is 7.29. The molecule has 24 heavy (non-hydrogen) atoms. The lowest BCUT2D eigenvalue weighted by atomic mass is 9.81. The molecule has 0 atom stereocenters. The Kier molecular flexibility index (Phi) is 4.96. The van der Waals surface area contributed by atoms with Crippen LogP contribution >= 0.6 is 11.3 Å². The number of nitrogens with one attached hydrogen (secondary N) is 1. The molecule has 0 spiro atoms. The average Bonchev–Trinajstić information content (AvgIpc) is 3.15. The zero-order chi connectivity index (χ0) is 17.2. The van der Waals surface area contributed by atoms with E-state index < -0.39 is 5.54 Å². The number of hydrogen-bond acceptors (Lipinski definition) is 7. The number of thiazole rings is 1. The van der Waals surface area contributed by atoms with E-state index in [1.165, 1.54) is 24.7 Å². The molecule has 2 aromatic rings. The number of ether oxygens (including phenoxy) is 1. The zero-order valence-corrected chi connectivity index (χ0v) is 15.0. The summed E-state index contributed by atoms with van der Waals surface area (Å²) in [6.45, 7) is 3.91. The topological polar surface area (TPSA) is 90.1 Å². The van der Waals surface area contributed by atoms with E-state index in [9.17, 15) is 4.79 Å². The van der Waals surface area contributed by atoms with Crippen LogP contribution in [0.1, 0.15) is 55.6 Å². The summed E-state index contributed by atoms with van der Waals surface area (Å²) in [5.41, 5.74) is 0.333. The second-order valence-electron chi connectivity index (χ2n) is 6.20. The standard InChI is InChI=1S/C16H22N4O3S/c1-10-13(24-12(17-10)9-22-3)14-18-15(20-23-14)16(19-11(2)21)7-5-4-6-8-16/h4-9H2,1-3H3,(H,19,21). The van der Waals surface area contributed by atoms with Crippen molar-refractivity contribution in [1.29, 1.82) is 0 Å². The van der Waals surface area contributed by atoms with Crippen LogP contribution in [0.15, 0.2) is 4.52 Å². The van der Waals surface area contributed by atoms with Gasteiger partial charge in [-0.15, -0.1) is 11.3 Å². The van der Waals surface area contributed by atoms with Gasteiger partial charge in [-0.1, -0.05) is 24.4 Å². The number of carbonyl (C=O) groups is 1. The third kappa shape index (κ3) is 3.34. The van der Waals surface area contributed by atoms with Crippen LogP contribution < -0.4 is 5.32 Å². The van der Waals surface area contributed by atoms with Gasteiger partial charge in [-0.2, -0.15) is 4.98 Å². The van der Waals surface area contributed by atoms with Gasteiger partial charge in [-0.25, -0.2) is 4.98 Å². The van der Waals surface area contributed by atoms with Crippen molar-refractivity contribution < 1.29 is 14.1 Å². The summed E-state index contributed by atoms with van der Waals surface area (Å²) in [6, 6.07) is 0. The Balaban J connectivity index is 1.92. The SMILES string of the molecule is COCc1nc(C)c(-c2nc(C3(NC(C)=O)CCCCC3)no2)s1. The van der Waals surface area contributed by atoms with E-state index in [2.05, 4.69) is 20.4 Å². The number of carbonyl (C=O) groups excluding carboxylic acids is 1. The predicted molar refractivity (Wildman–Crippen MR) is 89.4 cm³/mol. The molecule has 0 aliphatic heterocycles. The third-order valence-corrected chi connectivity index (χ3v) is 5.40. The van der Waals surface area contributed by atoms with Crippen LogP contribution in [0.4, 0.5) is 0 Å². The summed E-state index contributed by atoms with van der Waals surface area (Å²) in [4.78, 5) is 21.6. The average molecular weight is 350 g/mol. The molecule has 0 unspecified atom stereocenters. The molecule has 1 N–H and O–H groups in total. The Labute approximate surface area is 144 Å². The molecule has 130 valence electrons. The maximum atomic E-state index is 11.7. The van der Waals surface area contributed by atoms with Crippen molar-refractivity contribution in [1.82, 2.24) is 20.4 Å². The van der Waals surface area contributed by atoms with E-state index in [1.807, 2.05) is 6.92 Å². The van der Waals surface area contributed by atoms with Gasteiger partial charge in [0.05, 0.1) is 12.3 Å². The van der Waals surface area contributed by atoms with Crippen molar-refractivity contribution >= 4 is 17.2 Å². The molecule has 0 bridgehead atoms. The van der Waals surface area contributed by atoms with Gasteiger partial charge in [0.2, 0.25) is 5.91 Å². The lowest BCUT2D eigenvalue weighted by Gasteiger charge is -2.34. The number of aromatic nitrogens is 3. The number of amides is 1. The molecule has 3 rings (SSSR count). The Morgan fingerprint density at radius 1 is 1.33 bits per heavy atom. The summed E-state index contributed by atoms with van der Waals surface area (Å²) < 4.78 is 10.6. The molecular weight excluding hydrogens is 328 g/mol. The van der Waals surface area contributed by atoms with Gasteiger partial charge in [0, 0.05) is 14.0 Å². The molecule has 1 aliphatic rings. The number of rotatable bonds is 5. The first-order valence-corrected chi connectivity index (χ1v) is 8.94. The molecule has 1 aliphatic carbocycles. The number of methoxy groups -OCH3 is 1. The van der Waals surface area contributed by atoms with E-state index in [-0.39, 0.29) is 5.91 Å². The Morgan fingerprint density at radius 3 is 2.75 bits per heavy atom. The van der Waals surface area contributed by atoms with Crippen LogP contribution in [0.5, 0.6) is 0 Å². The van der Waals surface area contributed by atoms with Gasteiger partial charge in [-0.3, -0.25) is 4.79 Å². The second kappa shape index (κ2) is 6.98.